The molecular formula is C22H36NNaO3. The topological polar surface area (TPSA) is 52.6 Å². The summed E-state index contributed by atoms with van der Waals surface area (Å²) in [5.74, 6) is -0.629. The average Bonchev–Trinajstić information content (AvgIpc) is 2.61. The zero-order chi connectivity index (χ0) is 19.2. The summed E-state index contributed by atoms with van der Waals surface area (Å²) in [5, 5.41) is 10.5. The summed E-state index contributed by atoms with van der Waals surface area (Å²) in [6, 6.07) is 5.81. The predicted octanol–water partition coefficient (Wildman–Crippen LogP) is 1.35. The SMILES string of the molecule is CCCCCCCCCCCCc1ccc(OCC(=O)[O-])cc1N(C)C.[Na+]. The number of anilines is 1. The van der Waals surface area contributed by atoms with Crippen molar-refractivity contribution >= 4 is 11.7 Å². The molecule has 0 aromatic heterocycles. The maximum Gasteiger partial charge on any atom is 1.00 e. The summed E-state index contributed by atoms with van der Waals surface area (Å²) in [4.78, 5) is 12.6. The fourth-order valence-electron chi connectivity index (χ4n) is 3.21. The van der Waals surface area contributed by atoms with E-state index >= 15 is 0 Å². The standard InChI is InChI=1S/C22H37NO3.Na/c1-4-5-6-7-8-9-10-11-12-13-14-19-15-16-20(26-18-22(24)25)17-21(19)23(2)3;/h15-17H,4-14,18H2,1-3H3,(H,24,25);/q;+1/p-1. The van der Waals surface area contributed by atoms with Gasteiger partial charge in [0.15, 0.2) is 0 Å². The molecule has 1 aromatic carbocycles. The van der Waals surface area contributed by atoms with Gasteiger partial charge < -0.3 is 19.5 Å². The molecule has 0 heterocycles. The van der Waals surface area contributed by atoms with Crippen LogP contribution in [0.2, 0.25) is 0 Å². The van der Waals surface area contributed by atoms with E-state index in [0.717, 1.165) is 12.1 Å². The number of hydrogen-bond acceptors (Lipinski definition) is 4. The fourth-order valence-corrected chi connectivity index (χ4v) is 3.21. The van der Waals surface area contributed by atoms with Gasteiger partial charge in [-0.1, -0.05) is 70.8 Å². The second kappa shape index (κ2) is 16.3. The van der Waals surface area contributed by atoms with Crippen molar-refractivity contribution in [3.05, 3.63) is 23.8 Å². The number of aliphatic carboxylic acids is 1. The van der Waals surface area contributed by atoms with Gasteiger partial charge in [0.2, 0.25) is 0 Å². The number of ether oxygens (including phenoxy) is 1. The molecule has 0 atom stereocenters. The molecule has 0 bridgehead atoms. The largest absolute Gasteiger partial charge is 1.00 e. The predicted molar refractivity (Wildman–Crippen MR) is 107 cm³/mol. The summed E-state index contributed by atoms with van der Waals surface area (Å²) in [7, 11) is 4.00. The van der Waals surface area contributed by atoms with Crippen molar-refractivity contribution in [2.45, 2.75) is 77.6 Å². The van der Waals surface area contributed by atoms with Crippen molar-refractivity contribution in [1.29, 1.82) is 0 Å². The Morgan fingerprint density at radius 1 is 0.963 bits per heavy atom. The number of carboxylic acid groups (broad SMARTS) is 1. The van der Waals surface area contributed by atoms with E-state index in [1.165, 1.54) is 69.8 Å². The minimum atomic E-state index is -1.20. The molecule has 4 nitrogen and oxygen atoms in total. The minimum absolute atomic E-state index is 0. The number of benzene rings is 1. The molecule has 1 rings (SSSR count). The Hall–Kier alpha value is -0.710. The van der Waals surface area contributed by atoms with Gasteiger partial charge in [0.25, 0.3) is 0 Å². The minimum Gasteiger partial charge on any atom is -0.546 e. The zero-order valence-electron chi connectivity index (χ0n) is 17.9. The van der Waals surface area contributed by atoms with Gasteiger partial charge >= 0.3 is 29.6 Å². The van der Waals surface area contributed by atoms with E-state index in [1.54, 1.807) is 0 Å². The third-order valence-electron chi connectivity index (χ3n) is 4.69. The van der Waals surface area contributed by atoms with Gasteiger partial charge in [0, 0.05) is 25.8 Å². The van der Waals surface area contributed by atoms with Crippen LogP contribution in [0, 0.1) is 0 Å². The van der Waals surface area contributed by atoms with Crippen LogP contribution >= 0.6 is 0 Å². The van der Waals surface area contributed by atoms with Gasteiger partial charge in [-0.2, -0.15) is 0 Å². The number of nitrogens with zero attached hydrogens (tertiary/aromatic N) is 1. The number of carboxylic acids is 1. The number of hydrogen-bond donors (Lipinski definition) is 0. The first-order chi connectivity index (χ1) is 12.5. The molecule has 0 spiro atoms. The third kappa shape index (κ3) is 12.4. The van der Waals surface area contributed by atoms with E-state index in [-0.39, 0.29) is 29.6 Å². The molecule has 0 unspecified atom stereocenters. The molecule has 0 aliphatic rings. The molecular weight excluding hydrogens is 349 g/mol. The average molecular weight is 386 g/mol. The first-order valence-corrected chi connectivity index (χ1v) is 10.2. The van der Waals surface area contributed by atoms with E-state index in [2.05, 4.69) is 11.8 Å². The Morgan fingerprint density at radius 3 is 2.04 bits per heavy atom. The van der Waals surface area contributed by atoms with Gasteiger partial charge in [-0.05, 0) is 24.5 Å². The number of unbranched alkanes of at least 4 members (excludes halogenated alkanes) is 9. The Morgan fingerprint density at radius 2 is 1.52 bits per heavy atom. The third-order valence-corrected chi connectivity index (χ3v) is 4.69. The smallest absolute Gasteiger partial charge is 0.546 e. The molecule has 5 heteroatoms. The number of aryl methyl sites for hydroxylation is 1. The summed E-state index contributed by atoms with van der Waals surface area (Å²) < 4.78 is 5.23. The molecule has 1 aromatic rings. The number of rotatable bonds is 15. The van der Waals surface area contributed by atoms with Crippen LogP contribution in [0.3, 0.4) is 0 Å². The van der Waals surface area contributed by atoms with E-state index < -0.39 is 12.6 Å². The second-order valence-electron chi connectivity index (χ2n) is 7.28. The van der Waals surface area contributed by atoms with E-state index in [1.807, 2.05) is 32.3 Å². The van der Waals surface area contributed by atoms with Crippen molar-refractivity contribution in [1.82, 2.24) is 0 Å². The van der Waals surface area contributed by atoms with Gasteiger partial charge in [-0.15, -0.1) is 0 Å². The van der Waals surface area contributed by atoms with Crippen LogP contribution in [0.5, 0.6) is 5.75 Å². The van der Waals surface area contributed by atoms with E-state index in [4.69, 9.17) is 4.74 Å². The van der Waals surface area contributed by atoms with Crippen LogP contribution in [0.4, 0.5) is 5.69 Å². The van der Waals surface area contributed by atoms with Crippen molar-refractivity contribution in [2.24, 2.45) is 0 Å². The van der Waals surface area contributed by atoms with Crippen molar-refractivity contribution < 1.29 is 44.2 Å². The van der Waals surface area contributed by atoms with Crippen molar-refractivity contribution in [2.75, 3.05) is 25.6 Å². The van der Waals surface area contributed by atoms with Crippen molar-refractivity contribution in [3.63, 3.8) is 0 Å². The first kappa shape index (κ1) is 26.3. The fraction of sp³-hybridized carbons (Fsp3) is 0.682. The van der Waals surface area contributed by atoms with Crippen LogP contribution in [-0.4, -0.2) is 26.7 Å². The zero-order valence-corrected chi connectivity index (χ0v) is 19.9. The van der Waals surface area contributed by atoms with Crippen LogP contribution in [-0.2, 0) is 11.2 Å². The molecule has 0 aliphatic carbocycles. The maximum absolute atomic E-state index is 10.5. The monoisotopic (exact) mass is 385 g/mol. The van der Waals surface area contributed by atoms with Gasteiger partial charge in [-0.25, -0.2) is 0 Å². The Kier molecular flexibility index (Phi) is 15.8. The van der Waals surface area contributed by atoms with Crippen LogP contribution in [0.1, 0.15) is 76.7 Å². The molecule has 0 amide bonds. The molecule has 27 heavy (non-hydrogen) atoms. The van der Waals surface area contributed by atoms with Gasteiger partial charge in [0.05, 0.1) is 5.97 Å². The number of carbonyl (C=O) groups excluding carboxylic acids is 1. The second-order valence-corrected chi connectivity index (χ2v) is 7.28. The summed E-state index contributed by atoms with van der Waals surface area (Å²) in [6.07, 6.45) is 14.4. The Bertz CT molecular complexity index is 520. The molecule has 0 aliphatic heterocycles. The Labute approximate surface area is 188 Å². The maximum atomic E-state index is 10.5. The van der Waals surface area contributed by atoms with E-state index in [9.17, 15) is 9.90 Å². The first-order valence-electron chi connectivity index (χ1n) is 10.2. The number of carbonyl (C=O) groups is 1. The Balaban J connectivity index is 0.00000676. The quantitative estimate of drug-likeness (QED) is 0.338. The molecule has 0 N–H and O–H groups in total. The molecule has 0 radical (unpaired) electrons. The molecule has 0 saturated carbocycles. The van der Waals surface area contributed by atoms with Gasteiger partial charge in [0.1, 0.15) is 12.4 Å². The van der Waals surface area contributed by atoms with Crippen molar-refractivity contribution in [3.8, 4) is 5.75 Å². The summed E-state index contributed by atoms with van der Waals surface area (Å²) in [5.41, 5.74) is 2.38. The molecule has 148 valence electrons. The van der Waals surface area contributed by atoms with Crippen LogP contribution < -0.4 is 44.3 Å². The summed E-state index contributed by atoms with van der Waals surface area (Å²) >= 11 is 0. The molecule has 0 saturated heterocycles. The van der Waals surface area contributed by atoms with Gasteiger partial charge in [-0.3, -0.25) is 0 Å². The summed E-state index contributed by atoms with van der Waals surface area (Å²) in [6.45, 7) is 1.85. The normalized spacial score (nSPS) is 10.3. The molecule has 0 fully saturated rings. The van der Waals surface area contributed by atoms with Crippen LogP contribution in [0.25, 0.3) is 0 Å². The van der Waals surface area contributed by atoms with Crippen LogP contribution in [0.15, 0.2) is 18.2 Å². The van der Waals surface area contributed by atoms with E-state index in [0.29, 0.717) is 5.75 Å².